The van der Waals surface area contributed by atoms with Gasteiger partial charge in [0.25, 0.3) is 5.91 Å². The third-order valence-electron chi connectivity index (χ3n) is 5.42. The molecule has 172 valence electrons. The van der Waals surface area contributed by atoms with Gasteiger partial charge in [-0.3, -0.25) is 4.79 Å². The maximum atomic E-state index is 13.7. The summed E-state index contributed by atoms with van der Waals surface area (Å²) in [4.78, 5) is 18.0. The molecule has 1 aliphatic rings. The Labute approximate surface area is 191 Å². The van der Waals surface area contributed by atoms with E-state index in [0.29, 0.717) is 51.5 Å². The molecule has 3 aromatic rings. The standard InChI is InChI=1S/C23H25N5O5/c1-13-19(22(29)27-16-11-14(30-2)9-10-17(16)31-3)20(28-23(26-13)24-12-25-28)15-7-6-8-18(32-4)21(15)33-5/h6-12,20H,1-5H3,(H,27,29)(H,24,25,26)/t20-/m1/s1. The monoisotopic (exact) mass is 451 g/mol. The highest BCUT2D eigenvalue weighted by atomic mass is 16.5. The van der Waals surface area contributed by atoms with Crippen molar-refractivity contribution >= 4 is 17.5 Å². The molecule has 0 aliphatic carbocycles. The molecule has 1 amide bonds. The highest BCUT2D eigenvalue weighted by molar-refractivity contribution is 6.07. The molecule has 4 rings (SSSR count). The van der Waals surface area contributed by atoms with Crippen molar-refractivity contribution in [3.63, 3.8) is 0 Å². The van der Waals surface area contributed by atoms with Crippen molar-refractivity contribution in [1.29, 1.82) is 0 Å². The third kappa shape index (κ3) is 3.91. The fraction of sp³-hybridized carbons (Fsp3) is 0.261. The molecule has 2 aromatic carbocycles. The van der Waals surface area contributed by atoms with Gasteiger partial charge in [-0.1, -0.05) is 12.1 Å². The zero-order chi connectivity index (χ0) is 23.5. The molecule has 10 nitrogen and oxygen atoms in total. The molecule has 0 saturated carbocycles. The Hall–Kier alpha value is -4.21. The molecule has 0 bridgehead atoms. The summed E-state index contributed by atoms with van der Waals surface area (Å²) in [5.74, 6) is 2.30. The first-order valence-corrected chi connectivity index (χ1v) is 10.1. The molecule has 10 heteroatoms. The Bertz CT molecular complexity index is 1220. The van der Waals surface area contributed by atoms with E-state index in [2.05, 4.69) is 20.7 Å². The molecule has 0 saturated heterocycles. The fourth-order valence-corrected chi connectivity index (χ4v) is 3.90. The van der Waals surface area contributed by atoms with E-state index in [-0.39, 0.29) is 5.91 Å². The molecule has 0 radical (unpaired) electrons. The Balaban J connectivity index is 1.82. The van der Waals surface area contributed by atoms with Crippen molar-refractivity contribution in [3.8, 4) is 23.0 Å². The molecule has 2 N–H and O–H groups in total. The zero-order valence-electron chi connectivity index (χ0n) is 19.0. The van der Waals surface area contributed by atoms with Gasteiger partial charge in [-0.2, -0.15) is 10.1 Å². The van der Waals surface area contributed by atoms with E-state index in [1.165, 1.54) is 13.4 Å². The number of allylic oxidation sites excluding steroid dienone is 1. The summed E-state index contributed by atoms with van der Waals surface area (Å²) >= 11 is 0. The van der Waals surface area contributed by atoms with Crippen molar-refractivity contribution in [3.05, 3.63) is 59.6 Å². The average Bonchev–Trinajstić information content (AvgIpc) is 3.30. The number of hydrogen-bond acceptors (Lipinski definition) is 8. The van der Waals surface area contributed by atoms with Crippen molar-refractivity contribution in [1.82, 2.24) is 14.8 Å². The van der Waals surface area contributed by atoms with Gasteiger partial charge < -0.3 is 29.6 Å². The molecule has 1 atom stereocenters. The van der Waals surface area contributed by atoms with E-state index in [0.717, 1.165) is 0 Å². The molecule has 1 aromatic heterocycles. The van der Waals surface area contributed by atoms with Crippen LogP contribution in [-0.4, -0.2) is 49.1 Å². The average molecular weight is 451 g/mol. The van der Waals surface area contributed by atoms with E-state index in [1.807, 2.05) is 19.1 Å². The van der Waals surface area contributed by atoms with Crippen LogP contribution in [0.1, 0.15) is 18.5 Å². The van der Waals surface area contributed by atoms with Gasteiger partial charge in [0, 0.05) is 17.3 Å². The van der Waals surface area contributed by atoms with Gasteiger partial charge in [-0.15, -0.1) is 0 Å². The number of carbonyl (C=O) groups is 1. The predicted octanol–water partition coefficient (Wildman–Crippen LogP) is 3.24. The predicted molar refractivity (Wildman–Crippen MR) is 122 cm³/mol. The van der Waals surface area contributed by atoms with Crippen LogP contribution in [0.25, 0.3) is 0 Å². The van der Waals surface area contributed by atoms with Gasteiger partial charge in [0.15, 0.2) is 11.5 Å². The van der Waals surface area contributed by atoms with E-state index < -0.39 is 6.04 Å². The van der Waals surface area contributed by atoms with Crippen molar-refractivity contribution in [2.75, 3.05) is 39.1 Å². The summed E-state index contributed by atoms with van der Waals surface area (Å²) in [6.45, 7) is 1.82. The van der Waals surface area contributed by atoms with Crippen LogP contribution in [0.5, 0.6) is 23.0 Å². The van der Waals surface area contributed by atoms with E-state index in [9.17, 15) is 4.79 Å². The third-order valence-corrected chi connectivity index (χ3v) is 5.42. The SMILES string of the molecule is COc1ccc(OC)c(NC(=O)C2=C(C)Nc3ncnn3[C@@H]2c2cccc(OC)c2OC)c1. The first-order chi connectivity index (χ1) is 16.0. The van der Waals surface area contributed by atoms with Gasteiger partial charge in [0.05, 0.1) is 39.7 Å². The van der Waals surface area contributed by atoms with E-state index in [4.69, 9.17) is 18.9 Å². The fourth-order valence-electron chi connectivity index (χ4n) is 3.90. The number of fused-ring (bicyclic) bond motifs is 1. The second-order valence-electron chi connectivity index (χ2n) is 7.20. The van der Waals surface area contributed by atoms with Crippen molar-refractivity contribution < 1.29 is 23.7 Å². The highest BCUT2D eigenvalue weighted by Crippen LogP contribution is 2.43. The Morgan fingerprint density at radius 3 is 2.52 bits per heavy atom. The number of ether oxygens (including phenoxy) is 4. The number of hydrogen-bond donors (Lipinski definition) is 2. The van der Waals surface area contributed by atoms with Gasteiger partial charge in [0.1, 0.15) is 23.9 Å². The number of para-hydroxylation sites is 1. The maximum Gasteiger partial charge on any atom is 0.255 e. The molecule has 2 heterocycles. The van der Waals surface area contributed by atoms with Crippen LogP contribution in [0.2, 0.25) is 0 Å². The lowest BCUT2D eigenvalue weighted by atomic mass is 9.94. The van der Waals surface area contributed by atoms with Gasteiger partial charge >= 0.3 is 0 Å². The molecule has 0 fully saturated rings. The van der Waals surface area contributed by atoms with Gasteiger partial charge in [-0.05, 0) is 25.1 Å². The Morgan fingerprint density at radius 1 is 1.03 bits per heavy atom. The van der Waals surface area contributed by atoms with Crippen LogP contribution in [0, 0.1) is 0 Å². The molecule has 0 unspecified atom stereocenters. The van der Waals surface area contributed by atoms with E-state index >= 15 is 0 Å². The van der Waals surface area contributed by atoms with Crippen molar-refractivity contribution in [2.45, 2.75) is 13.0 Å². The van der Waals surface area contributed by atoms with Crippen LogP contribution < -0.4 is 29.6 Å². The van der Waals surface area contributed by atoms with Gasteiger partial charge in [0.2, 0.25) is 5.95 Å². The summed E-state index contributed by atoms with van der Waals surface area (Å²) in [6.07, 6.45) is 1.43. The Morgan fingerprint density at radius 2 is 1.82 bits per heavy atom. The normalized spacial score (nSPS) is 14.8. The van der Waals surface area contributed by atoms with Crippen LogP contribution in [0.4, 0.5) is 11.6 Å². The summed E-state index contributed by atoms with van der Waals surface area (Å²) in [5.41, 5.74) is 2.24. The number of rotatable bonds is 7. The van der Waals surface area contributed by atoms with Gasteiger partial charge in [-0.25, -0.2) is 4.68 Å². The summed E-state index contributed by atoms with van der Waals surface area (Å²) in [5, 5.41) is 10.5. The first kappa shape index (κ1) is 22.0. The number of aromatic nitrogens is 3. The molecular formula is C23H25N5O5. The van der Waals surface area contributed by atoms with Crippen LogP contribution >= 0.6 is 0 Å². The molecule has 0 spiro atoms. The summed E-state index contributed by atoms with van der Waals surface area (Å²) < 4.78 is 23.5. The topological polar surface area (TPSA) is 109 Å². The number of methoxy groups -OCH3 is 4. The number of carbonyl (C=O) groups excluding carboxylic acids is 1. The lowest BCUT2D eigenvalue weighted by molar-refractivity contribution is -0.113. The lowest BCUT2D eigenvalue weighted by Crippen LogP contribution is -2.31. The summed E-state index contributed by atoms with van der Waals surface area (Å²) in [6, 6.07) is 10.1. The molecule has 1 aliphatic heterocycles. The number of nitrogens with zero attached hydrogens (tertiary/aromatic N) is 3. The second-order valence-corrected chi connectivity index (χ2v) is 7.20. The quantitative estimate of drug-likeness (QED) is 0.564. The maximum absolute atomic E-state index is 13.7. The van der Waals surface area contributed by atoms with Crippen LogP contribution in [-0.2, 0) is 4.79 Å². The minimum Gasteiger partial charge on any atom is -0.497 e. The number of amides is 1. The first-order valence-electron chi connectivity index (χ1n) is 10.1. The largest absolute Gasteiger partial charge is 0.497 e. The molecule has 33 heavy (non-hydrogen) atoms. The van der Waals surface area contributed by atoms with Crippen LogP contribution in [0.3, 0.4) is 0 Å². The number of anilines is 2. The smallest absolute Gasteiger partial charge is 0.255 e. The molecular weight excluding hydrogens is 426 g/mol. The van der Waals surface area contributed by atoms with Crippen molar-refractivity contribution in [2.24, 2.45) is 0 Å². The number of benzene rings is 2. The zero-order valence-corrected chi connectivity index (χ0v) is 19.0. The van der Waals surface area contributed by atoms with Crippen LogP contribution in [0.15, 0.2) is 54.0 Å². The highest BCUT2D eigenvalue weighted by Gasteiger charge is 2.36. The Kier molecular flexibility index (Phi) is 6.07. The van der Waals surface area contributed by atoms with E-state index in [1.54, 1.807) is 50.3 Å². The minimum absolute atomic E-state index is 0.345. The summed E-state index contributed by atoms with van der Waals surface area (Å²) in [7, 11) is 6.22. The number of nitrogens with one attached hydrogen (secondary N) is 2. The second kappa shape index (κ2) is 9.11. The minimum atomic E-state index is -0.620. The lowest BCUT2D eigenvalue weighted by Gasteiger charge is -2.30.